The maximum Gasteiger partial charge on any atom is 0.573 e. The number of benzene rings is 1. The Morgan fingerprint density at radius 3 is 2.46 bits per heavy atom. The highest BCUT2D eigenvalue weighted by molar-refractivity contribution is 14.0. The fourth-order valence-corrected chi connectivity index (χ4v) is 1.76. The highest BCUT2D eigenvalue weighted by Crippen LogP contribution is 2.23. The molecule has 0 amide bonds. The molecule has 1 aromatic heterocycles. The van der Waals surface area contributed by atoms with Crippen molar-refractivity contribution < 1.29 is 17.9 Å². The minimum absolute atomic E-state index is 0. The molecule has 2 aromatic rings. The first-order valence-corrected chi connectivity index (χ1v) is 6.75. The van der Waals surface area contributed by atoms with Crippen molar-refractivity contribution in [3.05, 3.63) is 54.4 Å². The molecule has 2 rings (SSSR count). The monoisotopic (exact) mass is 452 g/mol. The van der Waals surface area contributed by atoms with Gasteiger partial charge < -0.3 is 15.8 Å². The number of nitrogens with two attached hydrogens (primary N) is 1. The van der Waals surface area contributed by atoms with E-state index in [4.69, 9.17) is 5.73 Å². The van der Waals surface area contributed by atoms with Crippen molar-refractivity contribution in [2.75, 3.05) is 11.9 Å². The second-order valence-electron chi connectivity index (χ2n) is 4.54. The largest absolute Gasteiger partial charge is 0.573 e. The maximum absolute atomic E-state index is 12.0. The Hall–Kier alpha value is -2.04. The van der Waals surface area contributed by atoms with Gasteiger partial charge in [0, 0.05) is 30.5 Å². The standard InChI is InChI=1S/C15H15F3N4O.HI/c16-15(17,18)23-13-6-4-12(5-7-13)22-14(19)21-10-8-11-3-1-2-9-20-11;/h1-7,9H,8,10H2,(H3,19,21,22);1H. The van der Waals surface area contributed by atoms with Crippen LogP contribution in [0.25, 0.3) is 0 Å². The molecule has 24 heavy (non-hydrogen) atoms. The van der Waals surface area contributed by atoms with Crippen LogP contribution in [0.5, 0.6) is 5.75 Å². The van der Waals surface area contributed by atoms with Gasteiger partial charge in [0.1, 0.15) is 5.75 Å². The summed E-state index contributed by atoms with van der Waals surface area (Å²) >= 11 is 0. The summed E-state index contributed by atoms with van der Waals surface area (Å²) in [6, 6.07) is 10.8. The van der Waals surface area contributed by atoms with Crippen LogP contribution in [0.3, 0.4) is 0 Å². The predicted octanol–water partition coefficient (Wildman–Crippen LogP) is 3.57. The van der Waals surface area contributed by atoms with Crippen LogP contribution in [0.2, 0.25) is 0 Å². The highest BCUT2D eigenvalue weighted by atomic mass is 127. The van der Waals surface area contributed by atoms with E-state index in [2.05, 4.69) is 20.0 Å². The van der Waals surface area contributed by atoms with Crippen molar-refractivity contribution in [3.63, 3.8) is 0 Å². The molecular weight excluding hydrogens is 436 g/mol. The van der Waals surface area contributed by atoms with Crippen molar-refractivity contribution in [1.82, 2.24) is 4.98 Å². The summed E-state index contributed by atoms with van der Waals surface area (Å²) in [5, 5.41) is 2.79. The maximum atomic E-state index is 12.0. The lowest BCUT2D eigenvalue weighted by Crippen LogP contribution is -2.23. The second kappa shape index (κ2) is 9.30. The number of hydrogen-bond acceptors (Lipinski definition) is 3. The van der Waals surface area contributed by atoms with Crippen LogP contribution in [0.4, 0.5) is 18.9 Å². The normalized spacial score (nSPS) is 11.5. The number of alkyl halides is 3. The van der Waals surface area contributed by atoms with Crippen molar-refractivity contribution in [2.24, 2.45) is 10.7 Å². The smallest absolute Gasteiger partial charge is 0.406 e. The molecule has 1 heterocycles. The third-order valence-corrected chi connectivity index (χ3v) is 2.74. The molecule has 0 spiro atoms. The molecule has 0 saturated heterocycles. The fraction of sp³-hybridized carbons (Fsp3) is 0.200. The quantitative estimate of drug-likeness (QED) is 0.414. The van der Waals surface area contributed by atoms with Crippen LogP contribution in [0, 0.1) is 0 Å². The van der Waals surface area contributed by atoms with Crippen LogP contribution >= 0.6 is 24.0 Å². The Balaban J connectivity index is 0.00000288. The first kappa shape index (κ1) is 20.0. The number of ether oxygens (including phenoxy) is 1. The van der Waals surface area contributed by atoms with Gasteiger partial charge in [-0.05, 0) is 36.4 Å². The van der Waals surface area contributed by atoms with E-state index in [1.165, 1.54) is 24.3 Å². The van der Waals surface area contributed by atoms with Gasteiger partial charge in [0.25, 0.3) is 0 Å². The number of nitrogens with zero attached hydrogens (tertiary/aromatic N) is 2. The van der Waals surface area contributed by atoms with E-state index in [0.717, 1.165) is 5.69 Å². The number of anilines is 1. The van der Waals surface area contributed by atoms with Gasteiger partial charge >= 0.3 is 6.36 Å². The first-order chi connectivity index (χ1) is 10.9. The molecule has 0 unspecified atom stereocenters. The molecule has 0 atom stereocenters. The lowest BCUT2D eigenvalue weighted by Gasteiger charge is -2.10. The average Bonchev–Trinajstić information content (AvgIpc) is 2.49. The highest BCUT2D eigenvalue weighted by Gasteiger charge is 2.30. The number of aliphatic imine (C=N–C) groups is 1. The van der Waals surface area contributed by atoms with Crippen molar-refractivity contribution in [1.29, 1.82) is 0 Å². The summed E-state index contributed by atoms with van der Waals surface area (Å²) in [6.45, 7) is 0.450. The van der Waals surface area contributed by atoms with Gasteiger partial charge in [-0.2, -0.15) is 0 Å². The van der Waals surface area contributed by atoms with Crippen LogP contribution in [0.15, 0.2) is 53.7 Å². The number of guanidine groups is 1. The van der Waals surface area contributed by atoms with Crippen LogP contribution in [0.1, 0.15) is 5.69 Å². The van der Waals surface area contributed by atoms with Crippen LogP contribution in [-0.2, 0) is 6.42 Å². The van der Waals surface area contributed by atoms with Gasteiger partial charge in [-0.25, -0.2) is 0 Å². The second-order valence-corrected chi connectivity index (χ2v) is 4.54. The Morgan fingerprint density at radius 1 is 1.17 bits per heavy atom. The van der Waals surface area contributed by atoms with E-state index in [1.54, 1.807) is 6.20 Å². The fourth-order valence-electron chi connectivity index (χ4n) is 1.76. The van der Waals surface area contributed by atoms with E-state index in [-0.39, 0.29) is 35.7 Å². The topological polar surface area (TPSA) is 72.5 Å². The van der Waals surface area contributed by atoms with Crippen molar-refractivity contribution in [2.45, 2.75) is 12.8 Å². The molecule has 0 aliphatic rings. The Bertz CT molecular complexity index is 648. The summed E-state index contributed by atoms with van der Waals surface area (Å²) < 4.78 is 39.9. The molecule has 0 fully saturated rings. The first-order valence-electron chi connectivity index (χ1n) is 6.75. The molecule has 130 valence electrons. The third-order valence-electron chi connectivity index (χ3n) is 2.74. The van der Waals surface area contributed by atoms with Gasteiger partial charge in [-0.3, -0.25) is 9.98 Å². The van der Waals surface area contributed by atoms with E-state index >= 15 is 0 Å². The lowest BCUT2D eigenvalue weighted by atomic mass is 10.3. The number of pyridine rings is 1. The summed E-state index contributed by atoms with van der Waals surface area (Å²) in [4.78, 5) is 8.29. The van der Waals surface area contributed by atoms with E-state index in [9.17, 15) is 13.2 Å². The summed E-state index contributed by atoms with van der Waals surface area (Å²) in [5.41, 5.74) is 7.13. The van der Waals surface area contributed by atoms with Crippen molar-refractivity contribution in [3.8, 4) is 5.75 Å². The molecule has 0 aliphatic carbocycles. The van der Waals surface area contributed by atoms with Crippen molar-refractivity contribution >= 4 is 35.6 Å². The third kappa shape index (κ3) is 7.49. The van der Waals surface area contributed by atoms with Gasteiger partial charge in [0.15, 0.2) is 5.96 Å². The predicted molar refractivity (Wildman–Crippen MR) is 96.6 cm³/mol. The molecule has 5 nitrogen and oxygen atoms in total. The van der Waals surface area contributed by atoms with Gasteiger partial charge in [-0.1, -0.05) is 6.07 Å². The Morgan fingerprint density at radius 2 is 1.88 bits per heavy atom. The average molecular weight is 452 g/mol. The number of nitrogens with one attached hydrogen (secondary N) is 1. The molecule has 0 aliphatic heterocycles. The molecule has 1 aromatic carbocycles. The summed E-state index contributed by atoms with van der Waals surface area (Å²) in [5.74, 6) is -0.126. The zero-order valence-corrected chi connectivity index (χ0v) is 14.8. The van der Waals surface area contributed by atoms with Crippen LogP contribution < -0.4 is 15.8 Å². The number of hydrogen-bond donors (Lipinski definition) is 2. The summed E-state index contributed by atoms with van der Waals surface area (Å²) in [7, 11) is 0. The Kier molecular flexibility index (Phi) is 7.75. The van der Waals surface area contributed by atoms with E-state index in [1.807, 2.05) is 18.2 Å². The van der Waals surface area contributed by atoms with Crippen LogP contribution in [-0.4, -0.2) is 23.9 Å². The zero-order chi connectivity index (χ0) is 16.7. The number of rotatable bonds is 5. The number of aromatic nitrogens is 1. The lowest BCUT2D eigenvalue weighted by molar-refractivity contribution is -0.274. The molecular formula is C15H16F3IN4O. The van der Waals surface area contributed by atoms with Gasteiger partial charge in [0.2, 0.25) is 0 Å². The van der Waals surface area contributed by atoms with Gasteiger partial charge in [-0.15, -0.1) is 37.1 Å². The zero-order valence-electron chi connectivity index (χ0n) is 12.5. The van der Waals surface area contributed by atoms with E-state index in [0.29, 0.717) is 18.7 Å². The minimum atomic E-state index is -4.71. The molecule has 0 radical (unpaired) electrons. The molecule has 0 saturated carbocycles. The number of halogens is 4. The SMILES string of the molecule is I.NC(=NCCc1ccccn1)Nc1ccc(OC(F)(F)F)cc1. The van der Waals surface area contributed by atoms with E-state index < -0.39 is 6.36 Å². The summed E-state index contributed by atoms with van der Waals surface area (Å²) in [6.07, 6.45) is -2.37. The molecule has 3 N–H and O–H groups in total. The minimum Gasteiger partial charge on any atom is -0.406 e. The van der Waals surface area contributed by atoms with Gasteiger partial charge in [0.05, 0.1) is 0 Å². The molecule has 9 heteroatoms. The Labute approximate surface area is 154 Å². The molecule has 0 bridgehead atoms.